The summed E-state index contributed by atoms with van der Waals surface area (Å²) < 4.78 is 27.5. The second kappa shape index (κ2) is 4.94. The molecule has 0 radical (unpaired) electrons. The Morgan fingerprint density at radius 1 is 1.06 bits per heavy atom. The van der Waals surface area contributed by atoms with Gasteiger partial charge in [0.2, 0.25) is 0 Å². The summed E-state index contributed by atoms with van der Waals surface area (Å²) in [6.45, 7) is 0. The summed E-state index contributed by atoms with van der Waals surface area (Å²) in [6.07, 6.45) is 0. The molecule has 0 aliphatic heterocycles. The highest BCUT2D eigenvalue weighted by Crippen LogP contribution is 2.25. The fourth-order valence-electron chi connectivity index (χ4n) is 1.64. The molecule has 2 N–H and O–H groups in total. The van der Waals surface area contributed by atoms with Gasteiger partial charge in [-0.1, -0.05) is 40.2 Å². The fourth-order valence-corrected chi connectivity index (χ4v) is 2.06. The average Bonchev–Trinajstić information content (AvgIpc) is 2.32. The first-order chi connectivity index (χ1) is 8.09. The lowest BCUT2D eigenvalue weighted by molar-refractivity contribution is 0.494. The van der Waals surface area contributed by atoms with Crippen molar-refractivity contribution in [3.05, 3.63) is 69.7 Å². The Labute approximate surface area is 106 Å². The number of rotatable bonds is 2. The molecule has 0 aliphatic carbocycles. The molecule has 2 aromatic rings. The Morgan fingerprint density at radius 3 is 2.47 bits per heavy atom. The highest BCUT2D eigenvalue weighted by Gasteiger charge is 2.16. The molecule has 1 unspecified atom stereocenters. The molecule has 0 saturated heterocycles. The largest absolute Gasteiger partial charge is 0.320 e. The Balaban J connectivity index is 2.44. The summed E-state index contributed by atoms with van der Waals surface area (Å²) >= 11 is 3.31. The smallest absolute Gasteiger partial charge is 0.163 e. The molecule has 4 heteroatoms. The molecule has 88 valence electrons. The first kappa shape index (κ1) is 12.2. The summed E-state index contributed by atoms with van der Waals surface area (Å²) in [5.74, 6) is -1.77. The Hall–Kier alpha value is -1.26. The summed E-state index contributed by atoms with van der Waals surface area (Å²) in [5.41, 5.74) is 6.81. The van der Waals surface area contributed by atoms with E-state index in [4.69, 9.17) is 5.73 Å². The molecular formula is C13H10BrF2N. The van der Waals surface area contributed by atoms with Crippen LogP contribution in [0.15, 0.2) is 46.9 Å². The minimum absolute atomic E-state index is 0.156. The Bertz CT molecular complexity index is 543. The Kier molecular flexibility index (Phi) is 3.54. The van der Waals surface area contributed by atoms with Gasteiger partial charge < -0.3 is 5.73 Å². The topological polar surface area (TPSA) is 26.0 Å². The van der Waals surface area contributed by atoms with Crippen LogP contribution >= 0.6 is 15.9 Å². The van der Waals surface area contributed by atoms with Crippen LogP contribution in [0.1, 0.15) is 17.2 Å². The molecule has 1 nitrogen and oxygen atoms in total. The van der Waals surface area contributed by atoms with Crippen LogP contribution in [0.3, 0.4) is 0 Å². The fraction of sp³-hybridized carbons (Fsp3) is 0.0769. The van der Waals surface area contributed by atoms with Gasteiger partial charge in [-0.3, -0.25) is 0 Å². The van der Waals surface area contributed by atoms with E-state index in [-0.39, 0.29) is 5.56 Å². The van der Waals surface area contributed by atoms with Crippen molar-refractivity contribution in [2.75, 3.05) is 0 Å². The summed E-state index contributed by atoms with van der Waals surface area (Å²) in [4.78, 5) is 0. The van der Waals surface area contributed by atoms with Crippen LogP contribution in [0.2, 0.25) is 0 Å². The van der Waals surface area contributed by atoms with Crippen molar-refractivity contribution in [3.63, 3.8) is 0 Å². The van der Waals surface area contributed by atoms with Crippen LogP contribution in [-0.4, -0.2) is 0 Å². The molecule has 1 atom stereocenters. The summed E-state index contributed by atoms with van der Waals surface area (Å²) in [5, 5.41) is 0. The van der Waals surface area contributed by atoms with Gasteiger partial charge in [-0.2, -0.15) is 0 Å². The lowest BCUT2D eigenvalue weighted by Crippen LogP contribution is -2.14. The molecule has 2 aromatic carbocycles. The first-order valence-corrected chi connectivity index (χ1v) is 5.84. The molecule has 2 rings (SSSR count). The zero-order valence-corrected chi connectivity index (χ0v) is 10.4. The van der Waals surface area contributed by atoms with Crippen LogP contribution < -0.4 is 5.73 Å². The molecule has 0 aliphatic rings. The van der Waals surface area contributed by atoms with Crippen molar-refractivity contribution in [1.82, 2.24) is 0 Å². The second-order valence-electron chi connectivity index (χ2n) is 3.68. The standard InChI is InChI=1S/C13H10BrF2N/c14-9-4-1-3-8(7-9)13(17)10-5-2-6-11(15)12(10)16/h1-7,13H,17H2. The van der Waals surface area contributed by atoms with Crippen LogP contribution in [0.4, 0.5) is 8.78 Å². The number of hydrogen-bond acceptors (Lipinski definition) is 1. The predicted octanol–water partition coefficient (Wildman–Crippen LogP) is 3.78. The van der Waals surface area contributed by atoms with E-state index in [1.807, 2.05) is 6.07 Å². The quantitative estimate of drug-likeness (QED) is 0.897. The molecule has 0 aromatic heterocycles. The SMILES string of the molecule is NC(c1cccc(Br)c1)c1cccc(F)c1F. The van der Waals surface area contributed by atoms with E-state index in [0.29, 0.717) is 0 Å². The molecule has 0 saturated carbocycles. The molecule has 0 heterocycles. The third-order valence-electron chi connectivity index (χ3n) is 2.52. The monoisotopic (exact) mass is 297 g/mol. The van der Waals surface area contributed by atoms with Gasteiger partial charge in [0.15, 0.2) is 11.6 Å². The molecular weight excluding hydrogens is 288 g/mol. The number of benzene rings is 2. The van der Waals surface area contributed by atoms with Gasteiger partial charge in [0.25, 0.3) is 0 Å². The highest BCUT2D eigenvalue weighted by molar-refractivity contribution is 9.10. The first-order valence-electron chi connectivity index (χ1n) is 5.04. The van der Waals surface area contributed by atoms with Gasteiger partial charge in [-0.25, -0.2) is 8.78 Å². The lowest BCUT2D eigenvalue weighted by atomic mass is 9.99. The normalized spacial score (nSPS) is 12.5. The number of halogens is 3. The average molecular weight is 298 g/mol. The van der Waals surface area contributed by atoms with Gasteiger partial charge in [-0.15, -0.1) is 0 Å². The van der Waals surface area contributed by atoms with Gasteiger partial charge in [0.05, 0.1) is 6.04 Å². The van der Waals surface area contributed by atoms with E-state index in [9.17, 15) is 8.78 Å². The molecule has 0 spiro atoms. The van der Waals surface area contributed by atoms with Crippen molar-refractivity contribution in [1.29, 1.82) is 0 Å². The summed E-state index contributed by atoms with van der Waals surface area (Å²) in [7, 11) is 0. The van der Waals surface area contributed by atoms with Crippen molar-refractivity contribution < 1.29 is 8.78 Å². The molecule has 0 fully saturated rings. The van der Waals surface area contributed by atoms with Crippen molar-refractivity contribution in [3.8, 4) is 0 Å². The van der Waals surface area contributed by atoms with Crippen molar-refractivity contribution in [2.24, 2.45) is 5.73 Å². The van der Waals surface area contributed by atoms with E-state index in [1.54, 1.807) is 18.2 Å². The molecule has 17 heavy (non-hydrogen) atoms. The zero-order chi connectivity index (χ0) is 12.4. The van der Waals surface area contributed by atoms with Gasteiger partial charge in [0.1, 0.15) is 0 Å². The van der Waals surface area contributed by atoms with Crippen LogP contribution in [-0.2, 0) is 0 Å². The van der Waals surface area contributed by atoms with Crippen LogP contribution in [0.25, 0.3) is 0 Å². The maximum atomic E-state index is 13.6. The zero-order valence-electron chi connectivity index (χ0n) is 8.83. The Morgan fingerprint density at radius 2 is 1.76 bits per heavy atom. The van der Waals surface area contributed by atoms with E-state index < -0.39 is 17.7 Å². The van der Waals surface area contributed by atoms with E-state index >= 15 is 0 Å². The minimum atomic E-state index is -0.889. The number of nitrogens with two attached hydrogens (primary N) is 1. The maximum absolute atomic E-state index is 13.6. The van der Waals surface area contributed by atoms with E-state index in [1.165, 1.54) is 12.1 Å². The lowest BCUT2D eigenvalue weighted by Gasteiger charge is -2.14. The van der Waals surface area contributed by atoms with Gasteiger partial charge in [-0.05, 0) is 23.8 Å². The van der Waals surface area contributed by atoms with Crippen LogP contribution in [0, 0.1) is 11.6 Å². The third kappa shape index (κ3) is 2.53. The number of hydrogen-bond donors (Lipinski definition) is 1. The third-order valence-corrected chi connectivity index (χ3v) is 3.02. The van der Waals surface area contributed by atoms with Gasteiger partial charge >= 0.3 is 0 Å². The van der Waals surface area contributed by atoms with Crippen LogP contribution in [0.5, 0.6) is 0 Å². The van der Waals surface area contributed by atoms with Crippen molar-refractivity contribution >= 4 is 15.9 Å². The predicted molar refractivity (Wildman–Crippen MR) is 66.5 cm³/mol. The van der Waals surface area contributed by atoms with E-state index in [2.05, 4.69) is 15.9 Å². The maximum Gasteiger partial charge on any atom is 0.163 e. The summed E-state index contributed by atoms with van der Waals surface area (Å²) in [6, 6.07) is 10.6. The minimum Gasteiger partial charge on any atom is -0.320 e. The highest BCUT2D eigenvalue weighted by atomic mass is 79.9. The molecule has 0 bridgehead atoms. The van der Waals surface area contributed by atoms with Gasteiger partial charge in [0, 0.05) is 10.0 Å². The van der Waals surface area contributed by atoms with Crippen molar-refractivity contribution in [2.45, 2.75) is 6.04 Å². The van der Waals surface area contributed by atoms with E-state index in [0.717, 1.165) is 16.1 Å². The molecule has 0 amide bonds. The second-order valence-corrected chi connectivity index (χ2v) is 4.59.